The summed E-state index contributed by atoms with van der Waals surface area (Å²) in [7, 11) is 1.24. The summed E-state index contributed by atoms with van der Waals surface area (Å²) >= 11 is 2.58. The molecule has 0 bridgehead atoms. The van der Waals surface area contributed by atoms with Gasteiger partial charge >= 0.3 is 5.97 Å². The van der Waals surface area contributed by atoms with Crippen molar-refractivity contribution in [2.24, 2.45) is 5.16 Å². The zero-order valence-electron chi connectivity index (χ0n) is 18.8. The summed E-state index contributed by atoms with van der Waals surface area (Å²) in [4.78, 5) is 51.8. The molecule has 17 heteroatoms. The van der Waals surface area contributed by atoms with Gasteiger partial charge in [0.05, 0.1) is 6.54 Å². The number of thioether (sulfide) groups is 2. The first kappa shape index (κ1) is 25.1. The number of hydrogen-bond donors (Lipinski definition) is 3. The van der Waals surface area contributed by atoms with Crippen molar-refractivity contribution < 1.29 is 24.3 Å². The second-order valence-corrected chi connectivity index (χ2v) is 9.31. The molecule has 0 radical (unpaired) electrons. The van der Waals surface area contributed by atoms with Crippen molar-refractivity contribution in [3.63, 3.8) is 0 Å². The van der Waals surface area contributed by atoms with Gasteiger partial charge in [0.15, 0.2) is 5.82 Å². The molecule has 2 aromatic heterocycles. The van der Waals surface area contributed by atoms with Crippen LogP contribution in [0.3, 0.4) is 0 Å². The average molecular weight is 533 g/mol. The normalized spacial score (nSPS) is 19.4. The smallest absolute Gasteiger partial charge is 0.352 e. The molecule has 0 spiro atoms. The number of carboxylic acid groups (broad SMARTS) is 1. The number of anilines is 1. The fourth-order valence-corrected chi connectivity index (χ4v) is 5.83. The SMILES string of the molecule is C=CCn1nnnc1SCC1=C(C(=O)O)N2C(=O)C(NC(=O)C(=NOC)c3nccc(N)n3)[C@@H]2SC1. The van der Waals surface area contributed by atoms with Crippen LogP contribution in [0.5, 0.6) is 0 Å². The Morgan fingerprint density at radius 1 is 1.50 bits per heavy atom. The number of carboxylic acids is 1. The number of β-lactam (4-membered cyclic amide) rings is 1. The van der Waals surface area contributed by atoms with Gasteiger partial charge in [-0.15, -0.1) is 23.4 Å². The number of oxime groups is 1. The lowest BCUT2D eigenvalue weighted by molar-refractivity contribution is -0.150. The summed E-state index contributed by atoms with van der Waals surface area (Å²) in [6, 6.07) is 0.460. The lowest BCUT2D eigenvalue weighted by Gasteiger charge is -2.49. The fraction of sp³-hybridized carbons (Fsp3) is 0.316. The van der Waals surface area contributed by atoms with Crippen LogP contribution in [0.15, 0.2) is 46.5 Å². The van der Waals surface area contributed by atoms with Crippen molar-refractivity contribution in [1.29, 1.82) is 0 Å². The van der Waals surface area contributed by atoms with E-state index in [1.165, 1.54) is 52.5 Å². The van der Waals surface area contributed by atoms with Gasteiger partial charge in [-0.2, -0.15) is 0 Å². The molecule has 2 aliphatic rings. The highest BCUT2D eigenvalue weighted by Crippen LogP contribution is 2.41. The Morgan fingerprint density at radius 2 is 2.31 bits per heavy atom. The van der Waals surface area contributed by atoms with Crippen molar-refractivity contribution in [2.75, 3.05) is 24.3 Å². The van der Waals surface area contributed by atoms with E-state index in [1.807, 2.05) is 0 Å². The number of aliphatic carboxylic acids is 1. The number of allylic oxidation sites excluding steroid dienone is 1. The minimum absolute atomic E-state index is 0.0847. The quantitative estimate of drug-likeness (QED) is 0.112. The highest BCUT2D eigenvalue weighted by atomic mass is 32.2. The first-order valence-corrected chi connectivity index (χ1v) is 12.3. The molecule has 188 valence electrons. The number of rotatable bonds is 10. The molecule has 2 aliphatic heterocycles. The van der Waals surface area contributed by atoms with E-state index in [2.05, 4.69) is 42.5 Å². The fourth-order valence-electron chi connectivity index (χ4n) is 3.45. The van der Waals surface area contributed by atoms with E-state index in [4.69, 9.17) is 10.6 Å². The van der Waals surface area contributed by atoms with E-state index in [1.54, 1.807) is 6.08 Å². The van der Waals surface area contributed by atoms with Crippen LogP contribution in [0.25, 0.3) is 0 Å². The van der Waals surface area contributed by atoms with Crippen LogP contribution >= 0.6 is 23.5 Å². The van der Waals surface area contributed by atoms with Gasteiger partial charge in [-0.25, -0.2) is 19.4 Å². The summed E-state index contributed by atoms with van der Waals surface area (Å²) < 4.78 is 1.53. The predicted octanol–water partition coefficient (Wildman–Crippen LogP) is -0.887. The molecule has 4 heterocycles. The molecule has 15 nitrogen and oxygen atoms in total. The van der Waals surface area contributed by atoms with Crippen molar-refractivity contribution in [1.82, 2.24) is 40.4 Å². The maximum atomic E-state index is 13.0. The molecule has 4 rings (SSSR count). The van der Waals surface area contributed by atoms with Crippen LogP contribution in [0.2, 0.25) is 0 Å². The number of amides is 2. The third-order valence-corrected chi connectivity index (χ3v) is 7.38. The van der Waals surface area contributed by atoms with E-state index in [0.29, 0.717) is 23.0 Å². The molecule has 2 atom stereocenters. The van der Waals surface area contributed by atoms with E-state index in [0.717, 1.165) is 0 Å². The Bertz CT molecular complexity index is 1280. The molecule has 2 amide bonds. The molecule has 1 saturated heterocycles. The number of fused-ring (bicyclic) bond motifs is 1. The topological polar surface area (TPSA) is 204 Å². The van der Waals surface area contributed by atoms with E-state index < -0.39 is 29.2 Å². The Balaban J connectivity index is 1.49. The number of nitrogens with two attached hydrogens (primary N) is 1. The zero-order valence-corrected chi connectivity index (χ0v) is 20.4. The van der Waals surface area contributed by atoms with Crippen LogP contribution in [-0.4, -0.2) is 93.7 Å². The maximum Gasteiger partial charge on any atom is 0.352 e. The predicted molar refractivity (Wildman–Crippen MR) is 128 cm³/mol. The summed E-state index contributed by atoms with van der Waals surface area (Å²) in [6.45, 7) is 4.05. The zero-order chi connectivity index (χ0) is 25.8. The van der Waals surface area contributed by atoms with Gasteiger partial charge in [-0.05, 0) is 22.1 Å². The number of nitrogens with one attached hydrogen (secondary N) is 1. The minimum atomic E-state index is -1.24. The maximum absolute atomic E-state index is 13.0. The molecule has 1 fully saturated rings. The number of carbonyl (C=O) groups is 3. The summed E-state index contributed by atoms with van der Waals surface area (Å²) in [6.07, 6.45) is 2.99. The monoisotopic (exact) mass is 532 g/mol. The summed E-state index contributed by atoms with van der Waals surface area (Å²) in [5, 5.41) is 27.4. The average Bonchev–Trinajstić information content (AvgIpc) is 3.30. The van der Waals surface area contributed by atoms with Crippen molar-refractivity contribution in [2.45, 2.75) is 23.1 Å². The standard InChI is InChI=1S/C19H20N10O5S2/c1-3-6-28-19(24-26-27-28)36-8-9-7-35-17-12(16(31)29(17)13(9)18(32)33)23-15(30)11(25-34-2)14-21-5-4-10(20)22-14/h3-5,12,17H,1,6-8H2,2H3,(H,23,30)(H,32,33)(H2,20,21,22)/t12?,17-/m0/s1. The molecular weight excluding hydrogens is 512 g/mol. The number of nitrogens with zero attached hydrogens (tertiary/aromatic N) is 8. The third kappa shape index (κ3) is 4.87. The highest BCUT2D eigenvalue weighted by molar-refractivity contribution is 8.01. The highest BCUT2D eigenvalue weighted by Gasteiger charge is 2.54. The van der Waals surface area contributed by atoms with Crippen molar-refractivity contribution >= 4 is 52.8 Å². The number of aromatic nitrogens is 6. The lowest BCUT2D eigenvalue weighted by Crippen LogP contribution is -2.71. The van der Waals surface area contributed by atoms with Gasteiger partial charge in [0, 0.05) is 17.7 Å². The number of tetrazole rings is 1. The summed E-state index contributed by atoms with van der Waals surface area (Å²) in [5.74, 6) is -1.95. The molecule has 0 aromatic carbocycles. The number of nitrogen functional groups attached to an aromatic ring is 1. The molecular formula is C19H20N10O5S2. The first-order valence-electron chi connectivity index (χ1n) is 10.3. The van der Waals surface area contributed by atoms with Gasteiger partial charge < -0.3 is 21.0 Å². The second-order valence-electron chi connectivity index (χ2n) is 7.27. The van der Waals surface area contributed by atoms with E-state index in [-0.39, 0.29) is 28.8 Å². The van der Waals surface area contributed by atoms with Gasteiger partial charge in [-0.3, -0.25) is 14.5 Å². The number of carbonyl (C=O) groups excluding carboxylic acids is 2. The Hall–Kier alpha value is -3.99. The van der Waals surface area contributed by atoms with Crippen LogP contribution in [0, 0.1) is 0 Å². The number of hydrogen-bond acceptors (Lipinski definition) is 13. The van der Waals surface area contributed by atoms with Crippen LogP contribution < -0.4 is 11.1 Å². The van der Waals surface area contributed by atoms with Crippen molar-refractivity contribution in [3.8, 4) is 0 Å². The first-order chi connectivity index (χ1) is 17.3. The van der Waals surface area contributed by atoms with E-state index in [9.17, 15) is 19.5 Å². The minimum Gasteiger partial charge on any atom is -0.477 e. The van der Waals surface area contributed by atoms with Gasteiger partial charge in [0.1, 0.15) is 30.0 Å². The Labute approximate surface area is 212 Å². The Kier molecular flexibility index (Phi) is 7.49. The van der Waals surface area contributed by atoms with Gasteiger partial charge in [0.2, 0.25) is 10.9 Å². The molecule has 36 heavy (non-hydrogen) atoms. The molecule has 0 saturated carbocycles. The lowest BCUT2D eigenvalue weighted by atomic mass is 10.0. The van der Waals surface area contributed by atoms with Crippen LogP contribution in [0.1, 0.15) is 5.82 Å². The van der Waals surface area contributed by atoms with Gasteiger partial charge in [0.25, 0.3) is 11.8 Å². The summed E-state index contributed by atoms with van der Waals surface area (Å²) in [5.41, 5.74) is 5.80. The molecule has 0 aliphatic carbocycles. The van der Waals surface area contributed by atoms with Crippen molar-refractivity contribution in [3.05, 3.63) is 42.0 Å². The van der Waals surface area contributed by atoms with E-state index >= 15 is 0 Å². The van der Waals surface area contributed by atoms with Crippen LogP contribution in [0.4, 0.5) is 5.82 Å². The van der Waals surface area contributed by atoms with Gasteiger partial charge in [-0.1, -0.05) is 23.0 Å². The molecule has 4 N–H and O–H groups in total. The molecule has 2 aromatic rings. The van der Waals surface area contributed by atoms with Crippen LogP contribution in [-0.2, 0) is 25.8 Å². The Morgan fingerprint density at radius 3 is 3.00 bits per heavy atom. The second kappa shape index (κ2) is 10.7. The third-order valence-electron chi connectivity index (χ3n) is 5.00. The largest absolute Gasteiger partial charge is 0.477 e. The molecule has 1 unspecified atom stereocenters.